The van der Waals surface area contributed by atoms with Crippen molar-refractivity contribution >= 4 is 0 Å². The van der Waals surface area contributed by atoms with Crippen molar-refractivity contribution in [1.82, 2.24) is 5.32 Å². The minimum atomic E-state index is -4.30. The Balaban J connectivity index is 1.55. The Morgan fingerprint density at radius 1 is 1.04 bits per heavy atom. The predicted molar refractivity (Wildman–Crippen MR) is 104 cm³/mol. The summed E-state index contributed by atoms with van der Waals surface area (Å²) in [5.41, 5.74) is 4.48. The van der Waals surface area contributed by atoms with Gasteiger partial charge in [0.1, 0.15) is 0 Å². The van der Waals surface area contributed by atoms with E-state index in [2.05, 4.69) is 25.4 Å². The molecule has 1 saturated carbocycles. The first-order valence-corrected chi connectivity index (χ1v) is 9.12. The molecule has 142 valence electrons. The van der Waals surface area contributed by atoms with Crippen LogP contribution < -0.4 is 5.32 Å². The minimum Gasteiger partial charge on any atom is -0.382 e. The molecule has 0 amide bonds. The summed E-state index contributed by atoms with van der Waals surface area (Å²) in [6.07, 6.45) is -1.51. The van der Waals surface area contributed by atoms with Gasteiger partial charge >= 0.3 is 6.18 Å². The summed E-state index contributed by atoms with van der Waals surface area (Å²) < 4.78 is 38.0. The molecule has 0 spiro atoms. The summed E-state index contributed by atoms with van der Waals surface area (Å²) in [6, 6.07) is 13.5. The highest BCUT2D eigenvalue weighted by molar-refractivity contribution is 5.64. The van der Waals surface area contributed by atoms with E-state index in [0.29, 0.717) is 12.0 Å². The van der Waals surface area contributed by atoms with Gasteiger partial charge in [-0.15, -0.1) is 0 Å². The van der Waals surface area contributed by atoms with Gasteiger partial charge in [0.15, 0.2) is 0 Å². The first-order chi connectivity index (χ1) is 12.7. The standard InChI is InChI=1S/C23H24F3N/c1-15-14-16(2)22(15)27-17(3)4-5-18-6-8-19(9-7-18)20-10-12-21(13-11-20)23(24,25)26/h6-13,16,22,27H,1,3-5,14H2,2H3. The van der Waals surface area contributed by atoms with E-state index in [4.69, 9.17) is 0 Å². The highest BCUT2D eigenvalue weighted by Gasteiger charge is 2.31. The lowest BCUT2D eigenvalue weighted by molar-refractivity contribution is -0.137. The van der Waals surface area contributed by atoms with Gasteiger partial charge in [-0.2, -0.15) is 13.2 Å². The van der Waals surface area contributed by atoms with Crippen molar-refractivity contribution in [3.05, 3.63) is 84.1 Å². The summed E-state index contributed by atoms with van der Waals surface area (Å²) in [5, 5.41) is 3.45. The smallest absolute Gasteiger partial charge is 0.382 e. The number of nitrogens with one attached hydrogen (secondary N) is 1. The lowest BCUT2D eigenvalue weighted by atomic mass is 9.76. The fourth-order valence-electron chi connectivity index (χ4n) is 3.45. The monoisotopic (exact) mass is 371 g/mol. The third-order valence-corrected chi connectivity index (χ3v) is 5.17. The lowest BCUT2D eigenvalue weighted by Crippen LogP contribution is -2.43. The zero-order valence-electron chi connectivity index (χ0n) is 15.4. The number of alkyl halides is 3. The molecule has 1 fully saturated rings. The van der Waals surface area contributed by atoms with Crippen LogP contribution in [0.5, 0.6) is 0 Å². The van der Waals surface area contributed by atoms with E-state index in [1.807, 2.05) is 24.3 Å². The van der Waals surface area contributed by atoms with E-state index in [9.17, 15) is 13.2 Å². The van der Waals surface area contributed by atoms with Gasteiger partial charge in [-0.05, 0) is 54.0 Å². The normalized spacial score (nSPS) is 19.5. The molecule has 2 unspecified atom stereocenters. The second kappa shape index (κ2) is 7.63. The molecule has 0 aliphatic heterocycles. The van der Waals surface area contributed by atoms with E-state index in [1.165, 1.54) is 23.3 Å². The molecule has 2 aromatic rings. The van der Waals surface area contributed by atoms with Crippen LogP contribution in [-0.4, -0.2) is 6.04 Å². The second-order valence-corrected chi connectivity index (χ2v) is 7.34. The van der Waals surface area contributed by atoms with Gasteiger partial charge < -0.3 is 5.32 Å². The van der Waals surface area contributed by atoms with E-state index in [1.54, 1.807) is 0 Å². The van der Waals surface area contributed by atoms with Crippen molar-refractivity contribution in [2.45, 2.75) is 38.4 Å². The molecule has 0 bridgehead atoms. The van der Waals surface area contributed by atoms with Gasteiger partial charge in [0, 0.05) is 11.7 Å². The van der Waals surface area contributed by atoms with Crippen molar-refractivity contribution < 1.29 is 13.2 Å². The Morgan fingerprint density at radius 2 is 1.59 bits per heavy atom. The van der Waals surface area contributed by atoms with Crippen molar-refractivity contribution in [2.24, 2.45) is 5.92 Å². The quantitative estimate of drug-likeness (QED) is 0.582. The Bertz CT molecular complexity index is 816. The van der Waals surface area contributed by atoms with Crippen LogP contribution in [0.15, 0.2) is 73.0 Å². The second-order valence-electron chi connectivity index (χ2n) is 7.34. The van der Waals surface area contributed by atoms with Crippen LogP contribution in [0, 0.1) is 5.92 Å². The van der Waals surface area contributed by atoms with Gasteiger partial charge in [0.2, 0.25) is 0 Å². The molecule has 1 aliphatic rings. The first-order valence-electron chi connectivity index (χ1n) is 9.12. The number of hydrogen-bond donors (Lipinski definition) is 1. The Kier molecular flexibility index (Phi) is 5.45. The molecule has 1 N–H and O–H groups in total. The number of allylic oxidation sites excluding steroid dienone is 1. The summed E-state index contributed by atoms with van der Waals surface area (Å²) >= 11 is 0. The molecule has 2 atom stereocenters. The van der Waals surface area contributed by atoms with Gasteiger partial charge in [0.05, 0.1) is 5.56 Å². The Labute approximate surface area is 158 Å². The SMILES string of the molecule is C=C(CCc1ccc(-c2ccc(C(F)(F)F)cc2)cc1)NC1C(=C)CC1C. The van der Waals surface area contributed by atoms with E-state index >= 15 is 0 Å². The molecule has 1 nitrogen and oxygen atoms in total. The topological polar surface area (TPSA) is 12.0 Å². The van der Waals surface area contributed by atoms with Gasteiger partial charge in [-0.3, -0.25) is 0 Å². The van der Waals surface area contributed by atoms with Gasteiger partial charge in [0.25, 0.3) is 0 Å². The van der Waals surface area contributed by atoms with Crippen molar-refractivity contribution in [3.8, 4) is 11.1 Å². The lowest BCUT2D eigenvalue weighted by Gasteiger charge is -2.38. The van der Waals surface area contributed by atoms with Gasteiger partial charge in [-0.1, -0.05) is 62.1 Å². The molecule has 0 saturated heterocycles. The van der Waals surface area contributed by atoms with Crippen LogP contribution in [0.4, 0.5) is 13.2 Å². The Hall–Kier alpha value is -2.49. The molecular formula is C23H24F3N. The third-order valence-electron chi connectivity index (χ3n) is 5.17. The maximum atomic E-state index is 12.7. The number of rotatable bonds is 6. The number of aryl methyl sites for hydroxylation is 1. The fourth-order valence-corrected chi connectivity index (χ4v) is 3.45. The minimum absolute atomic E-state index is 0.347. The zero-order valence-corrected chi connectivity index (χ0v) is 15.4. The molecule has 1 aliphatic carbocycles. The summed E-state index contributed by atoms with van der Waals surface area (Å²) in [7, 11) is 0. The van der Waals surface area contributed by atoms with E-state index in [-0.39, 0.29) is 0 Å². The molecule has 0 heterocycles. The number of benzene rings is 2. The van der Waals surface area contributed by atoms with Crippen molar-refractivity contribution in [2.75, 3.05) is 0 Å². The molecule has 2 aromatic carbocycles. The molecule has 4 heteroatoms. The average Bonchev–Trinajstić information content (AvgIpc) is 2.64. The number of halogens is 3. The summed E-state index contributed by atoms with van der Waals surface area (Å²) in [6.45, 7) is 10.4. The third kappa shape index (κ3) is 4.62. The molecule has 0 aromatic heterocycles. The fraction of sp³-hybridized carbons (Fsp3) is 0.304. The van der Waals surface area contributed by atoms with Crippen molar-refractivity contribution in [3.63, 3.8) is 0 Å². The Morgan fingerprint density at radius 3 is 2.07 bits per heavy atom. The van der Waals surface area contributed by atoms with Crippen LogP contribution in [0.1, 0.15) is 30.9 Å². The maximum absolute atomic E-state index is 12.7. The number of hydrogen-bond acceptors (Lipinski definition) is 1. The van der Waals surface area contributed by atoms with E-state index < -0.39 is 11.7 Å². The summed E-state index contributed by atoms with van der Waals surface area (Å²) in [4.78, 5) is 0. The van der Waals surface area contributed by atoms with Crippen LogP contribution in [-0.2, 0) is 12.6 Å². The largest absolute Gasteiger partial charge is 0.416 e. The first kappa shape index (κ1) is 19.3. The molecular weight excluding hydrogens is 347 g/mol. The van der Waals surface area contributed by atoms with Crippen LogP contribution in [0.2, 0.25) is 0 Å². The predicted octanol–water partition coefficient (Wildman–Crippen LogP) is 6.37. The van der Waals surface area contributed by atoms with Crippen molar-refractivity contribution in [1.29, 1.82) is 0 Å². The highest BCUT2D eigenvalue weighted by Crippen LogP contribution is 2.33. The molecule has 3 rings (SSSR count). The van der Waals surface area contributed by atoms with Crippen LogP contribution in [0.25, 0.3) is 11.1 Å². The molecule has 0 radical (unpaired) electrons. The van der Waals surface area contributed by atoms with Gasteiger partial charge in [-0.25, -0.2) is 0 Å². The zero-order chi connectivity index (χ0) is 19.6. The maximum Gasteiger partial charge on any atom is 0.416 e. The average molecular weight is 371 g/mol. The van der Waals surface area contributed by atoms with Crippen LogP contribution >= 0.6 is 0 Å². The van der Waals surface area contributed by atoms with E-state index in [0.717, 1.165) is 48.2 Å². The van der Waals surface area contributed by atoms with Crippen LogP contribution in [0.3, 0.4) is 0 Å². The summed E-state index contributed by atoms with van der Waals surface area (Å²) in [5.74, 6) is 0.609. The molecule has 27 heavy (non-hydrogen) atoms. The highest BCUT2D eigenvalue weighted by atomic mass is 19.4.